The predicted molar refractivity (Wildman–Crippen MR) is 107 cm³/mol. The summed E-state index contributed by atoms with van der Waals surface area (Å²) in [5, 5.41) is 7.66. The number of nitrogens with one attached hydrogen (secondary N) is 2. The number of fused-ring (bicyclic) bond motifs is 1. The van der Waals surface area contributed by atoms with Crippen LogP contribution in [-0.4, -0.2) is 75.0 Å². The first-order chi connectivity index (χ1) is 13.2. The van der Waals surface area contributed by atoms with E-state index in [1.807, 2.05) is 12.1 Å². The third-order valence-corrected chi connectivity index (χ3v) is 4.56. The summed E-state index contributed by atoms with van der Waals surface area (Å²) < 4.78 is 16.2. The van der Waals surface area contributed by atoms with E-state index in [1.54, 1.807) is 14.2 Å². The van der Waals surface area contributed by atoms with Crippen LogP contribution in [0.3, 0.4) is 0 Å². The van der Waals surface area contributed by atoms with Crippen LogP contribution in [0.5, 0.6) is 11.5 Å². The van der Waals surface area contributed by atoms with Gasteiger partial charge in [0.1, 0.15) is 5.82 Å². The van der Waals surface area contributed by atoms with Crippen molar-refractivity contribution in [3.05, 3.63) is 12.1 Å². The quantitative estimate of drug-likeness (QED) is 0.691. The van der Waals surface area contributed by atoms with Crippen LogP contribution >= 0.6 is 0 Å². The molecule has 1 aromatic carbocycles. The molecule has 1 aliphatic heterocycles. The van der Waals surface area contributed by atoms with Crippen molar-refractivity contribution in [1.82, 2.24) is 14.9 Å². The monoisotopic (exact) mass is 375 g/mol. The lowest BCUT2D eigenvalue weighted by Crippen LogP contribution is -2.39. The fourth-order valence-electron chi connectivity index (χ4n) is 3.06. The Bertz CT molecular complexity index is 750. The van der Waals surface area contributed by atoms with Gasteiger partial charge in [0.2, 0.25) is 5.95 Å². The van der Waals surface area contributed by atoms with E-state index in [0.717, 1.165) is 69.1 Å². The number of benzene rings is 1. The van der Waals surface area contributed by atoms with Crippen molar-refractivity contribution in [1.29, 1.82) is 0 Å². The molecule has 2 N–H and O–H groups in total. The van der Waals surface area contributed by atoms with E-state index >= 15 is 0 Å². The molecular weight excluding hydrogens is 346 g/mol. The first-order valence-corrected chi connectivity index (χ1v) is 9.46. The maximum atomic E-state index is 5.43. The SMILES string of the molecule is CCCNc1nc(NCCN2CCOCC2)nc2cc(OC)c(OC)cc12. The fraction of sp³-hybridized carbons (Fsp3) is 0.579. The summed E-state index contributed by atoms with van der Waals surface area (Å²) in [6.07, 6.45) is 1.01. The Balaban J connectivity index is 1.81. The molecule has 27 heavy (non-hydrogen) atoms. The Morgan fingerprint density at radius 2 is 1.78 bits per heavy atom. The minimum absolute atomic E-state index is 0.613. The normalized spacial score (nSPS) is 14.9. The van der Waals surface area contributed by atoms with Gasteiger partial charge < -0.3 is 24.8 Å². The zero-order valence-corrected chi connectivity index (χ0v) is 16.4. The summed E-state index contributed by atoms with van der Waals surface area (Å²) in [4.78, 5) is 11.7. The minimum atomic E-state index is 0.613. The highest BCUT2D eigenvalue weighted by Gasteiger charge is 2.14. The standard InChI is InChI=1S/C19H29N5O3/c1-4-5-20-18-14-12-16(25-2)17(26-3)13-15(14)22-19(23-18)21-6-7-24-8-10-27-11-9-24/h12-13H,4-11H2,1-3H3,(H2,20,21,22,23). The van der Waals surface area contributed by atoms with Gasteiger partial charge in [-0.25, -0.2) is 4.98 Å². The Morgan fingerprint density at radius 1 is 1.04 bits per heavy atom. The van der Waals surface area contributed by atoms with E-state index in [-0.39, 0.29) is 0 Å². The summed E-state index contributed by atoms with van der Waals surface area (Å²) in [5.74, 6) is 2.74. The molecule has 8 nitrogen and oxygen atoms in total. The second kappa shape index (κ2) is 9.57. The van der Waals surface area contributed by atoms with E-state index in [2.05, 4.69) is 32.4 Å². The molecule has 0 atom stereocenters. The molecule has 8 heteroatoms. The lowest BCUT2D eigenvalue weighted by atomic mass is 10.2. The van der Waals surface area contributed by atoms with Crippen molar-refractivity contribution in [3.63, 3.8) is 0 Å². The van der Waals surface area contributed by atoms with Crippen molar-refractivity contribution >= 4 is 22.7 Å². The zero-order valence-electron chi connectivity index (χ0n) is 16.4. The Kier molecular flexibility index (Phi) is 6.89. The molecule has 1 saturated heterocycles. The lowest BCUT2D eigenvalue weighted by molar-refractivity contribution is 0.0398. The molecule has 148 valence electrons. The molecule has 0 saturated carbocycles. The molecule has 2 aromatic rings. The van der Waals surface area contributed by atoms with Crippen LogP contribution < -0.4 is 20.1 Å². The van der Waals surface area contributed by atoms with Gasteiger partial charge >= 0.3 is 0 Å². The Labute approximate surface area is 160 Å². The second-order valence-electron chi connectivity index (χ2n) is 6.43. The van der Waals surface area contributed by atoms with Gasteiger partial charge in [0, 0.05) is 44.2 Å². The molecule has 2 heterocycles. The highest BCUT2D eigenvalue weighted by atomic mass is 16.5. The second-order valence-corrected chi connectivity index (χ2v) is 6.43. The van der Waals surface area contributed by atoms with Gasteiger partial charge in [0.25, 0.3) is 0 Å². The van der Waals surface area contributed by atoms with E-state index in [0.29, 0.717) is 17.4 Å². The van der Waals surface area contributed by atoms with Gasteiger partial charge in [0.15, 0.2) is 11.5 Å². The Hall–Kier alpha value is -2.32. The van der Waals surface area contributed by atoms with E-state index in [9.17, 15) is 0 Å². The molecule has 1 fully saturated rings. The molecule has 0 aliphatic carbocycles. The third kappa shape index (κ3) is 4.90. The smallest absolute Gasteiger partial charge is 0.225 e. The summed E-state index contributed by atoms with van der Waals surface area (Å²) in [7, 11) is 3.26. The number of nitrogens with zero attached hydrogens (tertiary/aromatic N) is 3. The van der Waals surface area contributed by atoms with Crippen LogP contribution in [0.4, 0.5) is 11.8 Å². The minimum Gasteiger partial charge on any atom is -0.493 e. The number of hydrogen-bond donors (Lipinski definition) is 2. The molecule has 3 rings (SSSR count). The fourth-order valence-corrected chi connectivity index (χ4v) is 3.06. The van der Waals surface area contributed by atoms with Gasteiger partial charge in [-0.3, -0.25) is 4.90 Å². The topological polar surface area (TPSA) is 80.8 Å². The highest BCUT2D eigenvalue weighted by molar-refractivity contribution is 5.92. The van der Waals surface area contributed by atoms with Crippen LogP contribution in [0.25, 0.3) is 10.9 Å². The summed E-state index contributed by atoms with van der Waals surface area (Å²) in [6.45, 7) is 8.25. The van der Waals surface area contributed by atoms with E-state index < -0.39 is 0 Å². The summed E-state index contributed by atoms with van der Waals surface area (Å²) in [5.41, 5.74) is 0.815. The molecule has 0 bridgehead atoms. The maximum Gasteiger partial charge on any atom is 0.225 e. The molecule has 0 unspecified atom stereocenters. The molecule has 0 radical (unpaired) electrons. The van der Waals surface area contributed by atoms with Gasteiger partial charge in [-0.1, -0.05) is 6.92 Å². The van der Waals surface area contributed by atoms with Crippen LogP contribution in [0.1, 0.15) is 13.3 Å². The molecular formula is C19H29N5O3. The zero-order chi connectivity index (χ0) is 19.1. The van der Waals surface area contributed by atoms with Gasteiger partial charge in [-0.05, 0) is 12.5 Å². The Morgan fingerprint density at radius 3 is 2.48 bits per heavy atom. The maximum absolute atomic E-state index is 5.43. The van der Waals surface area contributed by atoms with E-state index in [1.165, 1.54) is 0 Å². The van der Waals surface area contributed by atoms with Gasteiger partial charge in [0.05, 0.1) is 33.0 Å². The first kappa shape index (κ1) is 19.4. The lowest BCUT2D eigenvalue weighted by Gasteiger charge is -2.26. The summed E-state index contributed by atoms with van der Waals surface area (Å²) >= 11 is 0. The van der Waals surface area contributed by atoms with Crippen LogP contribution in [0, 0.1) is 0 Å². The van der Waals surface area contributed by atoms with Crippen molar-refractivity contribution in [2.45, 2.75) is 13.3 Å². The molecule has 0 spiro atoms. The number of methoxy groups -OCH3 is 2. The number of anilines is 2. The van der Waals surface area contributed by atoms with Gasteiger partial charge in [-0.15, -0.1) is 0 Å². The van der Waals surface area contributed by atoms with Gasteiger partial charge in [-0.2, -0.15) is 4.98 Å². The van der Waals surface area contributed by atoms with Crippen molar-refractivity contribution < 1.29 is 14.2 Å². The highest BCUT2D eigenvalue weighted by Crippen LogP contribution is 2.34. The third-order valence-electron chi connectivity index (χ3n) is 4.56. The van der Waals surface area contributed by atoms with Crippen molar-refractivity contribution in [2.75, 3.05) is 70.8 Å². The predicted octanol–water partition coefficient (Wildman–Crippen LogP) is 2.21. The first-order valence-electron chi connectivity index (χ1n) is 9.46. The number of ether oxygens (including phenoxy) is 3. The average molecular weight is 375 g/mol. The summed E-state index contributed by atoms with van der Waals surface area (Å²) in [6, 6.07) is 3.81. The number of hydrogen-bond acceptors (Lipinski definition) is 8. The average Bonchev–Trinajstić information content (AvgIpc) is 2.71. The van der Waals surface area contributed by atoms with E-state index in [4.69, 9.17) is 14.2 Å². The number of rotatable bonds is 9. The van der Waals surface area contributed by atoms with Crippen molar-refractivity contribution in [3.8, 4) is 11.5 Å². The van der Waals surface area contributed by atoms with Crippen LogP contribution in [0.15, 0.2) is 12.1 Å². The number of morpholine rings is 1. The van der Waals surface area contributed by atoms with Crippen LogP contribution in [0.2, 0.25) is 0 Å². The molecule has 0 amide bonds. The largest absolute Gasteiger partial charge is 0.493 e. The molecule has 1 aromatic heterocycles. The van der Waals surface area contributed by atoms with Crippen molar-refractivity contribution in [2.24, 2.45) is 0 Å². The number of aromatic nitrogens is 2. The van der Waals surface area contributed by atoms with Crippen LogP contribution in [-0.2, 0) is 4.74 Å². The molecule has 1 aliphatic rings.